The van der Waals surface area contributed by atoms with Crippen molar-refractivity contribution in [2.75, 3.05) is 36.5 Å². The molecule has 0 bridgehead atoms. The quantitative estimate of drug-likeness (QED) is 0.818. The van der Waals surface area contributed by atoms with Crippen LogP contribution in [-0.4, -0.2) is 41.3 Å². The van der Waals surface area contributed by atoms with E-state index in [1.54, 1.807) is 0 Å². The van der Waals surface area contributed by atoms with Crippen LogP contribution in [0.3, 0.4) is 0 Å². The summed E-state index contributed by atoms with van der Waals surface area (Å²) in [6, 6.07) is 2.02. The Balaban J connectivity index is 2.14. The van der Waals surface area contributed by atoms with Crippen molar-refractivity contribution in [3.05, 3.63) is 11.9 Å². The van der Waals surface area contributed by atoms with Gasteiger partial charge in [-0.3, -0.25) is 0 Å². The van der Waals surface area contributed by atoms with Gasteiger partial charge in [0.1, 0.15) is 17.5 Å². The van der Waals surface area contributed by atoms with E-state index < -0.39 is 0 Å². The van der Waals surface area contributed by atoms with Gasteiger partial charge in [0, 0.05) is 44.6 Å². The molecule has 0 spiro atoms. The van der Waals surface area contributed by atoms with Crippen LogP contribution in [0.25, 0.3) is 0 Å². The summed E-state index contributed by atoms with van der Waals surface area (Å²) in [6.45, 7) is 7.27. The van der Waals surface area contributed by atoms with Crippen LogP contribution < -0.4 is 10.2 Å². The number of aromatic nitrogens is 2. The lowest BCUT2D eigenvalue weighted by molar-refractivity contribution is 0.238. The summed E-state index contributed by atoms with van der Waals surface area (Å²) < 4.78 is 0. The zero-order valence-electron chi connectivity index (χ0n) is 11.9. The Labute approximate surface area is 115 Å². The number of anilines is 2. The average molecular weight is 264 g/mol. The fraction of sp³-hybridized carbons (Fsp3) is 0.714. The monoisotopic (exact) mass is 264 g/mol. The molecule has 0 radical (unpaired) electrons. The zero-order valence-corrected chi connectivity index (χ0v) is 11.9. The number of nitrogens with one attached hydrogen (secondary N) is 1. The van der Waals surface area contributed by atoms with Crippen molar-refractivity contribution in [2.45, 2.75) is 33.1 Å². The van der Waals surface area contributed by atoms with E-state index >= 15 is 0 Å². The van der Waals surface area contributed by atoms with E-state index in [1.807, 2.05) is 6.07 Å². The molecule has 1 aromatic heterocycles. The smallest absolute Gasteiger partial charge is 0.134 e. The fourth-order valence-corrected chi connectivity index (χ4v) is 2.34. The third kappa shape index (κ3) is 3.56. The zero-order chi connectivity index (χ0) is 13.7. The molecule has 0 saturated carbocycles. The van der Waals surface area contributed by atoms with Gasteiger partial charge in [-0.05, 0) is 12.8 Å². The molecule has 19 heavy (non-hydrogen) atoms. The van der Waals surface area contributed by atoms with Gasteiger partial charge in [0.25, 0.3) is 0 Å². The van der Waals surface area contributed by atoms with Crippen LogP contribution in [-0.2, 0) is 6.42 Å². The van der Waals surface area contributed by atoms with E-state index in [0.29, 0.717) is 5.92 Å². The van der Waals surface area contributed by atoms with E-state index in [9.17, 15) is 5.11 Å². The lowest BCUT2D eigenvalue weighted by atomic mass is 10.1. The lowest BCUT2D eigenvalue weighted by Gasteiger charge is -2.19. The molecule has 1 atom stereocenters. The van der Waals surface area contributed by atoms with E-state index in [4.69, 9.17) is 0 Å². The molecule has 2 N–H and O–H groups in total. The largest absolute Gasteiger partial charge is 0.396 e. The molecule has 5 nitrogen and oxygen atoms in total. The third-order valence-corrected chi connectivity index (χ3v) is 3.50. The Morgan fingerprint density at radius 3 is 2.89 bits per heavy atom. The molecule has 0 aliphatic carbocycles. The van der Waals surface area contributed by atoms with Crippen molar-refractivity contribution in [1.29, 1.82) is 0 Å². The van der Waals surface area contributed by atoms with E-state index in [0.717, 1.165) is 56.4 Å². The molecule has 1 fully saturated rings. The van der Waals surface area contributed by atoms with E-state index in [2.05, 4.69) is 34.0 Å². The molecule has 1 aliphatic rings. The van der Waals surface area contributed by atoms with Gasteiger partial charge >= 0.3 is 0 Å². The highest BCUT2D eigenvalue weighted by Crippen LogP contribution is 2.23. The highest BCUT2D eigenvalue weighted by molar-refractivity contribution is 5.50. The number of aliphatic hydroxyl groups excluding tert-OH is 1. The maximum atomic E-state index is 9.23. The van der Waals surface area contributed by atoms with Crippen LogP contribution in [0.4, 0.5) is 11.6 Å². The van der Waals surface area contributed by atoms with Crippen LogP contribution in [0.5, 0.6) is 0 Å². The number of rotatable bonds is 6. The molecule has 106 valence electrons. The summed E-state index contributed by atoms with van der Waals surface area (Å²) in [5, 5.41) is 12.6. The number of hydrogen-bond acceptors (Lipinski definition) is 5. The van der Waals surface area contributed by atoms with E-state index in [1.165, 1.54) is 0 Å². The predicted octanol–water partition coefficient (Wildman–Crippen LogP) is 1.68. The summed E-state index contributed by atoms with van der Waals surface area (Å²) in [5.74, 6) is 3.16. The van der Waals surface area contributed by atoms with Gasteiger partial charge < -0.3 is 15.3 Å². The Morgan fingerprint density at radius 1 is 1.42 bits per heavy atom. The molecule has 5 heteroatoms. The molecule has 2 heterocycles. The van der Waals surface area contributed by atoms with Gasteiger partial charge in [0.15, 0.2) is 0 Å². The Bertz CT molecular complexity index is 410. The number of hydrogen-bond donors (Lipinski definition) is 2. The van der Waals surface area contributed by atoms with Crippen molar-refractivity contribution in [3.8, 4) is 0 Å². The van der Waals surface area contributed by atoms with Crippen LogP contribution in [0, 0.1) is 5.92 Å². The maximum absolute atomic E-state index is 9.23. The first kappa shape index (κ1) is 14.1. The lowest BCUT2D eigenvalue weighted by Crippen LogP contribution is -2.22. The minimum absolute atomic E-state index is 0.267. The molecule has 0 amide bonds. The first-order chi connectivity index (χ1) is 9.26. The van der Waals surface area contributed by atoms with Gasteiger partial charge in [0.2, 0.25) is 0 Å². The van der Waals surface area contributed by atoms with Gasteiger partial charge in [0.05, 0.1) is 0 Å². The minimum atomic E-state index is 0.267. The van der Waals surface area contributed by atoms with Crippen LogP contribution in [0.15, 0.2) is 6.07 Å². The van der Waals surface area contributed by atoms with Crippen LogP contribution in [0.2, 0.25) is 0 Å². The molecule has 1 unspecified atom stereocenters. The first-order valence-corrected chi connectivity index (χ1v) is 7.24. The number of aryl methyl sites for hydroxylation is 1. The molecule has 1 saturated heterocycles. The van der Waals surface area contributed by atoms with Crippen molar-refractivity contribution in [2.24, 2.45) is 5.92 Å². The van der Waals surface area contributed by atoms with Crippen LogP contribution >= 0.6 is 0 Å². The van der Waals surface area contributed by atoms with Gasteiger partial charge in [-0.2, -0.15) is 0 Å². The summed E-state index contributed by atoms with van der Waals surface area (Å²) in [4.78, 5) is 11.4. The topological polar surface area (TPSA) is 61.3 Å². The normalized spacial score (nSPS) is 18.9. The second kappa shape index (κ2) is 6.70. The number of nitrogens with zero attached hydrogens (tertiary/aromatic N) is 3. The van der Waals surface area contributed by atoms with Crippen molar-refractivity contribution in [1.82, 2.24) is 9.97 Å². The third-order valence-electron chi connectivity index (χ3n) is 3.50. The number of aliphatic hydroxyl groups is 1. The SMILES string of the molecule is CCCNc1cc(N2CCC(CO)C2)nc(CC)n1. The highest BCUT2D eigenvalue weighted by Gasteiger charge is 2.23. The first-order valence-electron chi connectivity index (χ1n) is 7.24. The van der Waals surface area contributed by atoms with Crippen molar-refractivity contribution < 1.29 is 5.11 Å². The molecule has 2 rings (SSSR count). The Morgan fingerprint density at radius 2 is 2.26 bits per heavy atom. The van der Waals surface area contributed by atoms with Crippen LogP contribution in [0.1, 0.15) is 32.5 Å². The second-order valence-corrected chi connectivity index (χ2v) is 5.09. The molecule has 1 aromatic rings. The second-order valence-electron chi connectivity index (χ2n) is 5.09. The maximum Gasteiger partial charge on any atom is 0.134 e. The Kier molecular flexibility index (Phi) is 4.96. The van der Waals surface area contributed by atoms with Crippen molar-refractivity contribution in [3.63, 3.8) is 0 Å². The molecule has 1 aliphatic heterocycles. The average Bonchev–Trinajstić information content (AvgIpc) is 2.93. The Hall–Kier alpha value is -1.36. The van der Waals surface area contributed by atoms with Gasteiger partial charge in [-0.15, -0.1) is 0 Å². The highest BCUT2D eigenvalue weighted by atomic mass is 16.3. The summed E-state index contributed by atoms with van der Waals surface area (Å²) in [6.07, 6.45) is 2.96. The summed E-state index contributed by atoms with van der Waals surface area (Å²) in [7, 11) is 0. The van der Waals surface area contributed by atoms with Gasteiger partial charge in [-0.1, -0.05) is 13.8 Å². The summed E-state index contributed by atoms with van der Waals surface area (Å²) in [5.41, 5.74) is 0. The molecular weight excluding hydrogens is 240 g/mol. The van der Waals surface area contributed by atoms with Gasteiger partial charge in [-0.25, -0.2) is 9.97 Å². The van der Waals surface area contributed by atoms with E-state index in [-0.39, 0.29) is 6.61 Å². The molecule has 0 aromatic carbocycles. The predicted molar refractivity (Wildman–Crippen MR) is 77.6 cm³/mol. The summed E-state index contributed by atoms with van der Waals surface area (Å²) >= 11 is 0. The van der Waals surface area contributed by atoms with Crippen molar-refractivity contribution >= 4 is 11.6 Å². The molecular formula is C14H24N4O. The minimum Gasteiger partial charge on any atom is -0.396 e. The fourth-order valence-electron chi connectivity index (χ4n) is 2.34. The standard InChI is InChI=1S/C14H24N4O/c1-3-6-15-13-8-14(17-12(4-2)16-13)18-7-5-11(9-18)10-19/h8,11,19H,3-7,9-10H2,1-2H3,(H,15,16,17).